The van der Waals surface area contributed by atoms with Crippen molar-refractivity contribution in [3.63, 3.8) is 0 Å². The smallest absolute Gasteiger partial charge is 0.339 e. The Bertz CT molecular complexity index is 1160. The summed E-state index contributed by atoms with van der Waals surface area (Å²) in [6, 6.07) is 7.84. The molecule has 0 saturated carbocycles. The molecule has 0 amide bonds. The van der Waals surface area contributed by atoms with E-state index in [-0.39, 0.29) is 16.7 Å². The van der Waals surface area contributed by atoms with Gasteiger partial charge in [-0.05, 0) is 40.6 Å². The molecule has 0 aliphatic heterocycles. The van der Waals surface area contributed by atoms with Gasteiger partial charge >= 0.3 is 11.9 Å². The lowest BCUT2D eigenvalue weighted by molar-refractivity contribution is 0.0556. The van der Waals surface area contributed by atoms with Crippen LogP contribution < -0.4 is 15.0 Å². The predicted octanol–water partition coefficient (Wildman–Crippen LogP) is 2.79. The quantitative estimate of drug-likeness (QED) is 0.660. The van der Waals surface area contributed by atoms with Crippen molar-refractivity contribution in [3.05, 3.63) is 58.0 Å². The molecule has 0 aliphatic carbocycles. The van der Waals surface area contributed by atoms with E-state index in [0.717, 1.165) is 0 Å². The van der Waals surface area contributed by atoms with Gasteiger partial charge in [0.1, 0.15) is 0 Å². The fourth-order valence-corrected chi connectivity index (χ4v) is 3.21. The van der Waals surface area contributed by atoms with Crippen LogP contribution in [0.4, 0.5) is 0 Å². The van der Waals surface area contributed by atoms with Gasteiger partial charge in [-0.3, -0.25) is 4.79 Å². The minimum absolute atomic E-state index is 0.00866. The van der Waals surface area contributed by atoms with Gasteiger partial charge in [0.25, 0.3) is 0 Å². The molecule has 0 bridgehead atoms. The Balaban J connectivity index is 2.57. The van der Waals surface area contributed by atoms with Crippen molar-refractivity contribution in [1.29, 1.82) is 0 Å². The molecule has 8 heteroatoms. The lowest BCUT2D eigenvalue weighted by Crippen LogP contribution is -2.14. The number of fused-ring (bicyclic) bond motifs is 1. The van der Waals surface area contributed by atoms with Crippen LogP contribution in [0.25, 0.3) is 21.9 Å². The number of carbonyl (C=O) groups excluding carboxylic acids is 2. The van der Waals surface area contributed by atoms with Crippen LogP contribution in [0.3, 0.4) is 0 Å². The molecule has 1 heterocycles. The molecule has 2 aromatic carbocycles. The highest BCUT2D eigenvalue weighted by Gasteiger charge is 2.27. The Hall–Kier alpha value is -3.81. The number of aromatic nitrogens is 1. The first-order chi connectivity index (χ1) is 13.9. The molecule has 0 fully saturated rings. The van der Waals surface area contributed by atoms with E-state index in [0.29, 0.717) is 33.4 Å². The first kappa shape index (κ1) is 19.9. The zero-order valence-corrected chi connectivity index (χ0v) is 16.3. The second-order valence-corrected chi connectivity index (χ2v) is 6.03. The molecule has 150 valence electrons. The Morgan fingerprint density at radius 3 is 2.10 bits per heavy atom. The first-order valence-corrected chi connectivity index (χ1v) is 8.53. The van der Waals surface area contributed by atoms with E-state index in [1.54, 1.807) is 18.2 Å². The number of methoxy groups -OCH3 is 4. The average Bonchev–Trinajstić information content (AvgIpc) is 2.75. The number of esters is 2. The Kier molecular flexibility index (Phi) is 5.54. The van der Waals surface area contributed by atoms with Gasteiger partial charge in [-0.15, -0.1) is 0 Å². The van der Waals surface area contributed by atoms with E-state index < -0.39 is 11.9 Å². The van der Waals surface area contributed by atoms with Crippen LogP contribution >= 0.6 is 0 Å². The van der Waals surface area contributed by atoms with Crippen molar-refractivity contribution in [1.82, 2.24) is 4.98 Å². The normalized spacial score (nSPS) is 10.5. The monoisotopic (exact) mass is 397 g/mol. The number of hydrogen-bond acceptors (Lipinski definition) is 7. The van der Waals surface area contributed by atoms with Crippen LogP contribution in [-0.4, -0.2) is 45.4 Å². The zero-order chi connectivity index (χ0) is 21.1. The van der Waals surface area contributed by atoms with Gasteiger partial charge in [0.2, 0.25) is 5.56 Å². The molecule has 0 spiro atoms. The highest BCUT2D eigenvalue weighted by atomic mass is 16.5. The topological polar surface area (TPSA) is 104 Å². The van der Waals surface area contributed by atoms with E-state index >= 15 is 0 Å². The van der Waals surface area contributed by atoms with Gasteiger partial charge in [0.15, 0.2) is 11.5 Å². The summed E-state index contributed by atoms with van der Waals surface area (Å²) < 4.78 is 20.5. The fraction of sp³-hybridized carbons (Fsp3) is 0.190. The summed E-state index contributed by atoms with van der Waals surface area (Å²) in [4.78, 5) is 39.6. The number of pyridine rings is 1. The van der Waals surface area contributed by atoms with Crippen molar-refractivity contribution in [2.24, 2.45) is 0 Å². The fourth-order valence-electron chi connectivity index (χ4n) is 3.21. The molecule has 0 atom stereocenters. The summed E-state index contributed by atoms with van der Waals surface area (Å²) in [5, 5.41) is 1.16. The van der Waals surface area contributed by atoms with E-state index in [4.69, 9.17) is 18.9 Å². The first-order valence-electron chi connectivity index (χ1n) is 8.53. The van der Waals surface area contributed by atoms with E-state index in [1.165, 1.54) is 46.8 Å². The number of benzene rings is 2. The Morgan fingerprint density at radius 2 is 1.52 bits per heavy atom. The summed E-state index contributed by atoms with van der Waals surface area (Å²) in [5.41, 5.74) is 0.411. The highest BCUT2D eigenvalue weighted by molar-refractivity contribution is 6.15. The SMILES string of the molecule is COC(=O)c1cc2cc(OC)c(OC)cc2c(-c2cc[nH]c(=O)c2)c1C(=O)OC. The van der Waals surface area contributed by atoms with Crippen molar-refractivity contribution in [3.8, 4) is 22.6 Å². The van der Waals surface area contributed by atoms with Gasteiger partial charge in [-0.25, -0.2) is 9.59 Å². The number of hydrogen-bond donors (Lipinski definition) is 1. The standard InChI is InChI=1S/C21H19NO7/c1-26-15-8-12-7-14(20(24)28-3)19(21(25)29-4)18(13(12)10-16(15)27-2)11-5-6-22-17(23)9-11/h5-10H,1-4H3,(H,22,23). The van der Waals surface area contributed by atoms with Gasteiger partial charge in [0, 0.05) is 17.8 Å². The highest BCUT2D eigenvalue weighted by Crippen LogP contribution is 2.40. The molecule has 3 rings (SSSR count). The number of rotatable bonds is 5. The van der Waals surface area contributed by atoms with E-state index in [2.05, 4.69) is 4.98 Å². The number of aromatic amines is 1. The number of carbonyl (C=O) groups is 2. The van der Waals surface area contributed by atoms with Crippen LogP contribution in [0, 0.1) is 0 Å². The summed E-state index contributed by atoms with van der Waals surface area (Å²) >= 11 is 0. The maximum atomic E-state index is 12.7. The Labute approximate surface area is 166 Å². The number of nitrogens with one attached hydrogen (secondary N) is 1. The zero-order valence-electron chi connectivity index (χ0n) is 16.3. The molecule has 29 heavy (non-hydrogen) atoms. The lowest BCUT2D eigenvalue weighted by atomic mass is 9.89. The predicted molar refractivity (Wildman–Crippen MR) is 106 cm³/mol. The summed E-state index contributed by atoms with van der Waals surface area (Å²) in [7, 11) is 5.41. The van der Waals surface area contributed by atoms with Gasteiger partial charge in [-0.1, -0.05) is 0 Å². The van der Waals surface area contributed by atoms with Crippen molar-refractivity contribution in [2.45, 2.75) is 0 Å². The van der Waals surface area contributed by atoms with Crippen molar-refractivity contribution >= 4 is 22.7 Å². The molecule has 0 unspecified atom stereocenters. The third kappa shape index (κ3) is 3.52. The molecule has 1 N–H and O–H groups in total. The van der Waals surface area contributed by atoms with Crippen LogP contribution in [0.5, 0.6) is 11.5 Å². The average molecular weight is 397 g/mol. The maximum absolute atomic E-state index is 12.7. The lowest BCUT2D eigenvalue weighted by Gasteiger charge is -2.17. The van der Waals surface area contributed by atoms with Crippen LogP contribution in [0.1, 0.15) is 20.7 Å². The summed E-state index contributed by atoms with van der Waals surface area (Å²) in [5.74, 6) is -0.586. The molecule has 0 radical (unpaired) electrons. The summed E-state index contributed by atoms with van der Waals surface area (Å²) in [6.07, 6.45) is 1.45. The molecular formula is C21H19NO7. The molecular weight excluding hydrogens is 378 g/mol. The van der Waals surface area contributed by atoms with Crippen LogP contribution in [0.2, 0.25) is 0 Å². The third-order valence-corrected chi connectivity index (χ3v) is 4.50. The minimum atomic E-state index is -0.739. The summed E-state index contributed by atoms with van der Waals surface area (Å²) in [6.45, 7) is 0. The molecule has 8 nitrogen and oxygen atoms in total. The Morgan fingerprint density at radius 1 is 0.862 bits per heavy atom. The van der Waals surface area contributed by atoms with E-state index in [1.807, 2.05) is 0 Å². The molecule has 0 aliphatic rings. The van der Waals surface area contributed by atoms with Crippen LogP contribution in [0.15, 0.2) is 41.3 Å². The number of H-pyrrole nitrogens is 1. The second-order valence-electron chi connectivity index (χ2n) is 6.03. The maximum Gasteiger partial charge on any atom is 0.339 e. The molecule has 3 aromatic rings. The number of ether oxygens (including phenoxy) is 4. The van der Waals surface area contributed by atoms with Gasteiger partial charge in [-0.2, -0.15) is 0 Å². The van der Waals surface area contributed by atoms with E-state index in [9.17, 15) is 14.4 Å². The van der Waals surface area contributed by atoms with Crippen LogP contribution in [-0.2, 0) is 9.47 Å². The van der Waals surface area contributed by atoms with Crippen molar-refractivity contribution < 1.29 is 28.5 Å². The minimum Gasteiger partial charge on any atom is -0.493 e. The largest absolute Gasteiger partial charge is 0.493 e. The van der Waals surface area contributed by atoms with Gasteiger partial charge in [0.05, 0.1) is 39.6 Å². The van der Waals surface area contributed by atoms with Crippen molar-refractivity contribution in [2.75, 3.05) is 28.4 Å². The molecule has 1 aromatic heterocycles. The second kappa shape index (κ2) is 8.05. The third-order valence-electron chi connectivity index (χ3n) is 4.50. The molecule has 0 saturated heterocycles. The van der Waals surface area contributed by atoms with Gasteiger partial charge < -0.3 is 23.9 Å².